The number of aliphatic hydroxyl groups excluding tert-OH is 1. The van der Waals surface area contributed by atoms with Crippen molar-refractivity contribution in [3.05, 3.63) is 33.8 Å². The third-order valence-corrected chi connectivity index (χ3v) is 5.21. The van der Waals surface area contributed by atoms with Crippen molar-refractivity contribution in [2.75, 3.05) is 0 Å². The first-order chi connectivity index (χ1) is 8.97. The summed E-state index contributed by atoms with van der Waals surface area (Å²) in [5, 5.41) is 11.7. The summed E-state index contributed by atoms with van der Waals surface area (Å²) in [4.78, 5) is 0. The summed E-state index contributed by atoms with van der Waals surface area (Å²) in [5.41, 5.74) is 0.991. The lowest BCUT2D eigenvalue weighted by atomic mass is 9.73. The van der Waals surface area contributed by atoms with Gasteiger partial charge in [-0.2, -0.15) is 0 Å². The van der Waals surface area contributed by atoms with E-state index in [1.54, 1.807) is 6.07 Å². The highest BCUT2D eigenvalue weighted by molar-refractivity contribution is 6.35. The van der Waals surface area contributed by atoms with E-state index < -0.39 is 0 Å². The Morgan fingerprint density at radius 2 is 1.95 bits per heavy atom. The number of rotatable bonds is 3. The van der Waals surface area contributed by atoms with E-state index in [0.717, 1.165) is 24.3 Å². The second kappa shape index (κ2) is 6.47. The molecule has 1 aliphatic rings. The van der Waals surface area contributed by atoms with Crippen LogP contribution in [-0.2, 0) is 6.42 Å². The Labute approximate surface area is 125 Å². The molecule has 0 spiro atoms. The number of hydrogen-bond donors (Lipinski definition) is 1. The molecule has 3 heteroatoms. The zero-order valence-electron chi connectivity index (χ0n) is 11.6. The van der Waals surface area contributed by atoms with Gasteiger partial charge in [0.05, 0.1) is 6.10 Å². The molecule has 0 aliphatic heterocycles. The van der Waals surface area contributed by atoms with Crippen LogP contribution < -0.4 is 0 Å². The lowest BCUT2D eigenvalue weighted by Crippen LogP contribution is -2.30. The Hall–Kier alpha value is -0.240. The zero-order chi connectivity index (χ0) is 14.0. The summed E-state index contributed by atoms with van der Waals surface area (Å²) in [6.07, 6.45) is 3.79. The number of benzene rings is 1. The van der Waals surface area contributed by atoms with E-state index in [2.05, 4.69) is 13.8 Å². The van der Waals surface area contributed by atoms with Crippen molar-refractivity contribution >= 4 is 23.2 Å². The first kappa shape index (κ1) is 15.2. The molecule has 106 valence electrons. The van der Waals surface area contributed by atoms with Gasteiger partial charge in [0, 0.05) is 16.5 Å². The minimum Gasteiger partial charge on any atom is -0.392 e. The smallest absolute Gasteiger partial charge is 0.0609 e. The van der Waals surface area contributed by atoms with Gasteiger partial charge in [-0.05, 0) is 48.3 Å². The van der Waals surface area contributed by atoms with Crippen molar-refractivity contribution < 1.29 is 5.11 Å². The van der Waals surface area contributed by atoms with Crippen molar-refractivity contribution in [1.29, 1.82) is 0 Å². The average molecular weight is 301 g/mol. The molecule has 0 aromatic heterocycles. The fourth-order valence-corrected chi connectivity index (χ4v) is 3.50. The second-order valence-electron chi connectivity index (χ2n) is 6.03. The lowest BCUT2D eigenvalue weighted by Gasteiger charge is -2.34. The number of halogens is 2. The molecule has 0 radical (unpaired) electrons. The fourth-order valence-electron chi connectivity index (χ4n) is 3.02. The molecule has 0 bridgehead atoms. The van der Waals surface area contributed by atoms with Gasteiger partial charge < -0.3 is 5.11 Å². The molecule has 1 nitrogen and oxygen atoms in total. The quantitative estimate of drug-likeness (QED) is 0.835. The molecule has 1 aromatic rings. The number of aliphatic hydroxyl groups is 1. The van der Waals surface area contributed by atoms with E-state index in [9.17, 15) is 5.11 Å². The molecule has 1 aromatic carbocycles. The summed E-state index contributed by atoms with van der Waals surface area (Å²) in [6, 6.07) is 5.50. The van der Waals surface area contributed by atoms with Crippen molar-refractivity contribution in [2.24, 2.45) is 17.8 Å². The number of hydrogen-bond acceptors (Lipinski definition) is 1. The van der Waals surface area contributed by atoms with Gasteiger partial charge in [-0.3, -0.25) is 0 Å². The van der Waals surface area contributed by atoms with E-state index in [1.807, 2.05) is 12.1 Å². The van der Waals surface area contributed by atoms with Crippen LogP contribution in [0.3, 0.4) is 0 Å². The van der Waals surface area contributed by atoms with Crippen LogP contribution in [-0.4, -0.2) is 11.2 Å². The van der Waals surface area contributed by atoms with Gasteiger partial charge in [0.25, 0.3) is 0 Å². The Bertz CT molecular complexity index is 433. The summed E-state index contributed by atoms with van der Waals surface area (Å²) >= 11 is 12.1. The van der Waals surface area contributed by atoms with E-state index in [-0.39, 0.29) is 6.10 Å². The Morgan fingerprint density at radius 3 is 2.58 bits per heavy atom. The maximum absolute atomic E-state index is 10.4. The Kier molecular flexibility index (Phi) is 5.16. The van der Waals surface area contributed by atoms with Crippen molar-refractivity contribution in [3.63, 3.8) is 0 Å². The Morgan fingerprint density at radius 1 is 1.21 bits per heavy atom. The molecule has 0 heterocycles. The van der Waals surface area contributed by atoms with Gasteiger partial charge in [-0.25, -0.2) is 0 Å². The first-order valence-electron chi connectivity index (χ1n) is 7.09. The molecule has 1 aliphatic carbocycles. The van der Waals surface area contributed by atoms with Crippen molar-refractivity contribution in [1.82, 2.24) is 0 Å². The fraction of sp³-hybridized carbons (Fsp3) is 0.625. The minimum absolute atomic E-state index is 0.298. The molecule has 1 saturated carbocycles. The first-order valence-corrected chi connectivity index (χ1v) is 7.85. The maximum Gasteiger partial charge on any atom is 0.0609 e. The summed E-state index contributed by atoms with van der Waals surface area (Å²) < 4.78 is 0. The van der Waals surface area contributed by atoms with E-state index in [0.29, 0.717) is 28.3 Å². The third-order valence-electron chi connectivity index (χ3n) is 4.63. The highest BCUT2D eigenvalue weighted by Gasteiger charge is 2.29. The largest absolute Gasteiger partial charge is 0.392 e. The van der Waals surface area contributed by atoms with Gasteiger partial charge in [0.2, 0.25) is 0 Å². The highest BCUT2D eigenvalue weighted by Crippen LogP contribution is 2.36. The van der Waals surface area contributed by atoms with E-state index in [1.165, 1.54) is 6.42 Å². The molecular formula is C16H22Cl2O. The summed E-state index contributed by atoms with van der Waals surface area (Å²) in [7, 11) is 0. The lowest BCUT2D eigenvalue weighted by molar-refractivity contribution is 0.0570. The van der Waals surface area contributed by atoms with Gasteiger partial charge in [-0.1, -0.05) is 49.5 Å². The molecule has 0 saturated heterocycles. The summed E-state index contributed by atoms with van der Waals surface area (Å²) in [6.45, 7) is 4.60. The average Bonchev–Trinajstić information content (AvgIpc) is 2.36. The molecule has 4 atom stereocenters. The standard InChI is InChI=1S/C16H22Cl2O/c1-10-3-4-13(7-11(10)2)16(19)8-12-5-6-14(17)9-15(12)18/h5-6,9-11,13,16,19H,3-4,7-8H2,1-2H3. The van der Waals surface area contributed by atoms with Crippen LogP contribution in [0.25, 0.3) is 0 Å². The topological polar surface area (TPSA) is 20.2 Å². The molecule has 4 unspecified atom stereocenters. The van der Waals surface area contributed by atoms with E-state index >= 15 is 0 Å². The normalized spacial score (nSPS) is 29.2. The van der Waals surface area contributed by atoms with Crippen LogP contribution in [0.5, 0.6) is 0 Å². The second-order valence-corrected chi connectivity index (χ2v) is 6.88. The predicted octanol–water partition coefficient (Wildman–Crippen LogP) is 4.97. The van der Waals surface area contributed by atoms with Crippen molar-refractivity contribution in [3.8, 4) is 0 Å². The highest BCUT2D eigenvalue weighted by atomic mass is 35.5. The van der Waals surface area contributed by atoms with Gasteiger partial charge in [0.15, 0.2) is 0 Å². The van der Waals surface area contributed by atoms with Gasteiger partial charge in [-0.15, -0.1) is 0 Å². The van der Waals surface area contributed by atoms with Crippen LogP contribution in [0.4, 0.5) is 0 Å². The summed E-state index contributed by atoms with van der Waals surface area (Å²) in [5.74, 6) is 1.88. The van der Waals surface area contributed by atoms with Crippen LogP contribution in [0.2, 0.25) is 10.0 Å². The SMILES string of the molecule is CC1CCC(C(O)Cc2ccc(Cl)cc2Cl)CC1C. The molecule has 19 heavy (non-hydrogen) atoms. The molecule has 1 fully saturated rings. The van der Waals surface area contributed by atoms with Crippen LogP contribution in [0.1, 0.15) is 38.7 Å². The molecule has 0 amide bonds. The van der Waals surface area contributed by atoms with Gasteiger partial charge >= 0.3 is 0 Å². The van der Waals surface area contributed by atoms with Gasteiger partial charge in [0.1, 0.15) is 0 Å². The third kappa shape index (κ3) is 3.87. The van der Waals surface area contributed by atoms with Crippen molar-refractivity contribution in [2.45, 2.75) is 45.6 Å². The minimum atomic E-state index is -0.298. The van der Waals surface area contributed by atoms with E-state index in [4.69, 9.17) is 23.2 Å². The van der Waals surface area contributed by atoms with Crippen LogP contribution in [0, 0.1) is 17.8 Å². The Balaban J connectivity index is 1.99. The van der Waals surface area contributed by atoms with Crippen LogP contribution >= 0.6 is 23.2 Å². The monoisotopic (exact) mass is 300 g/mol. The van der Waals surface area contributed by atoms with Crippen LogP contribution in [0.15, 0.2) is 18.2 Å². The zero-order valence-corrected chi connectivity index (χ0v) is 13.1. The maximum atomic E-state index is 10.4. The molecule has 2 rings (SSSR count). The molecular weight excluding hydrogens is 279 g/mol. The molecule has 1 N–H and O–H groups in total. The predicted molar refractivity (Wildman–Crippen MR) is 81.8 cm³/mol.